The summed E-state index contributed by atoms with van der Waals surface area (Å²) < 4.78 is 6.77. The molecule has 0 N–H and O–H groups in total. The summed E-state index contributed by atoms with van der Waals surface area (Å²) in [5.41, 5.74) is 3.16. The molecule has 0 bridgehead atoms. The molecule has 1 aromatic heterocycles. The Morgan fingerprint density at radius 1 is 1.32 bits per heavy atom. The lowest BCUT2D eigenvalue weighted by atomic mass is 9.84. The smallest absolute Gasteiger partial charge is 0.311 e. The Bertz CT molecular complexity index is 793. The van der Waals surface area contributed by atoms with E-state index in [1.165, 1.54) is 12.7 Å². The number of ether oxygens (including phenoxy) is 1. The Hall–Kier alpha value is -2.14. The fraction of sp³-hybridized carbons (Fsp3) is 0.412. The minimum atomic E-state index is -0.418. The third-order valence-electron chi connectivity index (χ3n) is 5.02. The third-order valence-corrected chi connectivity index (χ3v) is 5.02. The van der Waals surface area contributed by atoms with Gasteiger partial charge >= 0.3 is 5.97 Å². The Labute approximate surface area is 128 Å². The van der Waals surface area contributed by atoms with E-state index in [1.807, 2.05) is 29.8 Å². The highest BCUT2D eigenvalue weighted by molar-refractivity contribution is 5.99. The second-order valence-corrected chi connectivity index (χ2v) is 6.12. The fourth-order valence-electron chi connectivity index (χ4n) is 4.06. The zero-order valence-electron chi connectivity index (χ0n) is 12.7. The number of esters is 1. The van der Waals surface area contributed by atoms with Gasteiger partial charge in [-0.1, -0.05) is 18.2 Å². The van der Waals surface area contributed by atoms with Crippen molar-refractivity contribution >= 4 is 22.8 Å². The van der Waals surface area contributed by atoms with E-state index >= 15 is 0 Å². The molecule has 0 aliphatic carbocycles. The van der Waals surface area contributed by atoms with E-state index in [9.17, 15) is 9.59 Å². The zero-order valence-corrected chi connectivity index (χ0v) is 12.7. The van der Waals surface area contributed by atoms with Crippen molar-refractivity contribution in [2.24, 2.45) is 5.92 Å². The zero-order chi connectivity index (χ0) is 15.4. The van der Waals surface area contributed by atoms with E-state index in [0.29, 0.717) is 0 Å². The second kappa shape index (κ2) is 4.68. The molecule has 3 heterocycles. The van der Waals surface area contributed by atoms with Gasteiger partial charge in [0.05, 0.1) is 24.6 Å². The summed E-state index contributed by atoms with van der Waals surface area (Å²) in [6, 6.07) is 7.93. The predicted molar refractivity (Wildman–Crippen MR) is 81.8 cm³/mol. The van der Waals surface area contributed by atoms with Crippen molar-refractivity contribution in [2.75, 3.05) is 20.7 Å². The number of aromatic nitrogens is 1. The quantitative estimate of drug-likeness (QED) is 0.756. The van der Waals surface area contributed by atoms with Crippen LogP contribution in [-0.4, -0.2) is 42.0 Å². The van der Waals surface area contributed by atoms with Gasteiger partial charge in [0.25, 0.3) is 0 Å². The molecule has 2 atom stereocenters. The number of hydrogen-bond donors (Lipinski definition) is 0. The second-order valence-electron chi connectivity index (χ2n) is 6.12. The van der Waals surface area contributed by atoms with Gasteiger partial charge in [-0.3, -0.25) is 19.1 Å². The Morgan fingerprint density at radius 3 is 2.86 bits per heavy atom. The average Bonchev–Trinajstić information content (AvgIpc) is 2.87. The van der Waals surface area contributed by atoms with Crippen molar-refractivity contribution in [3.8, 4) is 0 Å². The molecule has 0 unspecified atom stereocenters. The number of hydrogen-bond acceptors (Lipinski definition) is 4. The van der Waals surface area contributed by atoms with Gasteiger partial charge in [-0.15, -0.1) is 0 Å². The first-order valence-electron chi connectivity index (χ1n) is 7.57. The van der Waals surface area contributed by atoms with E-state index < -0.39 is 5.92 Å². The first kappa shape index (κ1) is 13.5. The molecule has 4 rings (SSSR count). The van der Waals surface area contributed by atoms with Gasteiger partial charge in [0.15, 0.2) is 0 Å². The highest BCUT2D eigenvalue weighted by atomic mass is 16.5. The van der Waals surface area contributed by atoms with Crippen LogP contribution in [0.1, 0.15) is 28.5 Å². The minimum Gasteiger partial charge on any atom is -0.469 e. The van der Waals surface area contributed by atoms with Crippen LogP contribution in [0.3, 0.4) is 0 Å². The van der Waals surface area contributed by atoms with E-state index in [0.717, 1.165) is 29.6 Å². The first-order valence-corrected chi connectivity index (χ1v) is 7.57. The van der Waals surface area contributed by atoms with Gasteiger partial charge in [-0.05, 0) is 25.1 Å². The van der Waals surface area contributed by atoms with Gasteiger partial charge in [0.1, 0.15) is 0 Å². The molecular formula is C17H18N2O3. The van der Waals surface area contributed by atoms with E-state index in [2.05, 4.69) is 11.0 Å². The van der Waals surface area contributed by atoms with Gasteiger partial charge in [0.2, 0.25) is 5.91 Å². The van der Waals surface area contributed by atoms with Crippen molar-refractivity contribution in [2.45, 2.75) is 18.9 Å². The summed E-state index contributed by atoms with van der Waals surface area (Å²) in [5.74, 6) is -0.729. The van der Waals surface area contributed by atoms with Gasteiger partial charge in [0, 0.05) is 24.0 Å². The molecule has 2 aliphatic rings. The molecule has 22 heavy (non-hydrogen) atoms. The van der Waals surface area contributed by atoms with Crippen LogP contribution in [-0.2, 0) is 16.0 Å². The van der Waals surface area contributed by atoms with Crippen LogP contribution in [0, 0.1) is 5.92 Å². The predicted octanol–water partition coefficient (Wildman–Crippen LogP) is 2.00. The molecule has 0 fully saturated rings. The molecule has 2 aromatic rings. The van der Waals surface area contributed by atoms with Crippen molar-refractivity contribution in [1.82, 2.24) is 9.47 Å². The van der Waals surface area contributed by atoms with Crippen LogP contribution < -0.4 is 0 Å². The molecule has 5 heteroatoms. The summed E-state index contributed by atoms with van der Waals surface area (Å²) in [5, 5.41) is 1.13. The fourth-order valence-corrected chi connectivity index (χ4v) is 4.06. The average molecular weight is 298 g/mol. The number of benzene rings is 1. The molecule has 0 saturated carbocycles. The molecule has 0 amide bonds. The highest BCUT2D eigenvalue weighted by Crippen LogP contribution is 2.44. The lowest BCUT2D eigenvalue weighted by Gasteiger charge is -2.40. The number of methoxy groups -OCH3 is 1. The maximum atomic E-state index is 12.7. The molecule has 0 radical (unpaired) electrons. The highest BCUT2D eigenvalue weighted by Gasteiger charge is 2.45. The lowest BCUT2D eigenvalue weighted by Crippen LogP contribution is -2.45. The van der Waals surface area contributed by atoms with Crippen LogP contribution in [0.15, 0.2) is 24.3 Å². The van der Waals surface area contributed by atoms with Crippen molar-refractivity contribution < 1.29 is 14.3 Å². The normalized spacial score (nSPS) is 24.4. The summed E-state index contributed by atoms with van der Waals surface area (Å²) in [4.78, 5) is 27.0. The number of carbonyl (C=O) groups is 2. The molecule has 114 valence electrons. The number of nitrogens with zero attached hydrogens (tertiary/aromatic N) is 2. The maximum absolute atomic E-state index is 12.7. The van der Waals surface area contributed by atoms with Crippen molar-refractivity contribution in [3.63, 3.8) is 0 Å². The summed E-state index contributed by atoms with van der Waals surface area (Å²) in [6.07, 6.45) is 1.10. The van der Waals surface area contributed by atoms with Crippen molar-refractivity contribution in [1.29, 1.82) is 0 Å². The van der Waals surface area contributed by atoms with Crippen molar-refractivity contribution in [3.05, 3.63) is 35.5 Å². The Kier molecular flexibility index (Phi) is 2.87. The standard InChI is InChI=1S/C17H18N2O3/c1-18-8-7-11-10-5-3-4-6-13(10)19-14(20)9-12(17(21)22-2)15(18)16(11)19/h3-6,12,15H,7-9H2,1-2H3/t12-,15+/m0/s1. The van der Waals surface area contributed by atoms with Crippen LogP contribution in [0.25, 0.3) is 10.9 Å². The lowest BCUT2D eigenvalue weighted by molar-refractivity contribution is -0.148. The summed E-state index contributed by atoms with van der Waals surface area (Å²) in [6.45, 7) is 0.882. The van der Waals surface area contributed by atoms with Gasteiger partial charge in [-0.2, -0.15) is 0 Å². The maximum Gasteiger partial charge on any atom is 0.311 e. The number of para-hydroxylation sites is 1. The monoisotopic (exact) mass is 298 g/mol. The topological polar surface area (TPSA) is 51.5 Å². The summed E-state index contributed by atoms with van der Waals surface area (Å²) in [7, 11) is 3.40. The molecular weight excluding hydrogens is 280 g/mol. The molecule has 2 aliphatic heterocycles. The molecule has 5 nitrogen and oxygen atoms in total. The van der Waals surface area contributed by atoms with Crippen LogP contribution in [0.2, 0.25) is 0 Å². The summed E-state index contributed by atoms with van der Waals surface area (Å²) >= 11 is 0. The Balaban J connectivity index is 2.02. The van der Waals surface area contributed by atoms with E-state index in [-0.39, 0.29) is 24.3 Å². The molecule has 1 aromatic carbocycles. The van der Waals surface area contributed by atoms with E-state index in [4.69, 9.17) is 4.74 Å². The van der Waals surface area contributed by atoms with Gasteiger partial charge in [-0.25, -0.2) is 0 Å². The molecule has 0 saturated heterocycles. The molecule has 0 spiro atoms. The van der Waals surface area contributed by atoms with Crippen LogP contribution >= 0.6 is 0 Å². The van der Waals surface area contributed by atoms with Gasteiger partial charge < -0.3 is 4.74 Å². The van der Waals surface area contributed by atoms with Crippen LogP contribution in [0.4, 0.5) is 0 Å². The third kappa shape index (κ3) is 1.63. The number of likely N-dealkylation sites (N-methyl/N-ethyl adjacent to an activating group) is 1. The Morgan fingerprint density at radius 2 is 2.09 bits per heavy atom. The minimum absolute atomic E-state index is 0.0144. The number of fused-ring (bicyclic) bond motifs is 3. The number of carbonyl (C=O) groups excluding carboxylic acids is 2. The van der Waals surface area contributed by atoms with E-state index in [1.54, 1.807) is 0 Å². The largest absolute Gasteiger partial charge is 0.469 e. The number of rotatable bonds is 1. The van der Waals surface area contributed by atoms with Crippen LogP contribution in [0.5, 0.6) is 0 Å². The first-order chi connectivity index (χ1) is 10.6. The SMILES string of the molecule is COC(=O)[C@H]1CC(=O)n2c3c(c4ccccc42)CCN(C)[C@@H]31.